The minimum atomic E-state index is -0.382. The maximum atomic E-state index is 12.0. The van der Waals surface area contributed by atoms with Crippen LogP contribution in [0.3, 0.4) is 0 Å². The lowest BCUT2D eigenvalue weighted by atomic mass is 9.95. The second-order valence-electron chi connectivity index (χ2n) is 5.12. The third-order valence-electron chi connectivity index (χ3n) is 3.70. The van der Waals surface area contributed by atoms with Crippen molar-refractivity contribution in [1.29, 1.82) is 0 Å². The van der Waals surface area contributed by atoms with Gasteiger partial charge in [-0.3, -0.25) is 9.59 Å². The Balaban J connectivity index is 1.76. The summed E-state index contributed by atoms with van der Waals surface area (Å²) in [6, 6.07) is 10.2. The van der Waals surface area contributed by atoms with Gasteiger partial charge in [0.25, 0.3) is 0 Å². The Bertz CT molecular complexity index is 468. The summed E-state index contributed by atoms with van der Waals surface area (Å²) in [5, 5.41) is 2.66. The van der Waals surface area contributed by atoms with E-state index >= 15 is 0 Å². The molecule has 1 heterocycles. The average Bonchev–Trinajstić information content (AvgIpc) is 2.54. The smallest absolute Gasteiger partial charge is 0.325 e. The predicted octanol–water partition coefficient (Wildman–Crippen LogP) is 1.58. The number of hydrogen-bond donors (Lipinski definition) is 1. The van der Waals surface area contributed by atoms with Gasteiger partial charge < -0.3 is 15.0 Å². The molecule has 0 spiro atoms. The molecule has 1 N–H and O–H groups in total. The third-order valence-corrected chi connectivity index (χ3v) is 3.70. The standard InChI is InChI=1S/C16H22N2O3/c1-2-21-15(19)12-17-16(20)13-8-10-18(11-9-13)14-6-4-3-5-7-14/h3-7,13H,2,8-12H2,1H3,(H,17,20). The number of rotatable bonds is 5. The number of carbonyl (C=O) groups is 2. The minimum Gasteiger partial charge on any atom is -0.465 e. The van der Waals surface area contributed by atoms with E-state index in [1.807, 2.05) is 18.2 Å². The summed E-state index contributed by atoms with van der Waals surface area (Å²) in [6.45, 7) is 3.78. The number of esters is 1. The van der Waals surface area contributed by atoms with Crippen molar-refractivity contribution in [3.8, 4) is 0 Å². The van der Waals surface area contributed by atoms with Crippen molar-refractivity contribution >= 4 is 17.6 Å². The fourth-order valence-electron chi connectivity index (χ4n) is 2.55. The number of benzene rings is 1. The monoisotopic (exact) mass is 290 g/mol. The molecule has 1 fully saturated rings. The minimum absolute atomic E-state index is 0.0145. The highest BCUT2D eigenvalue weighted by atomic mass is 16.5. The lowest BCUT2D eigenvalue weighted by Crippen LogP contribution is -2.42. The zero-order valence-corrected chi connectivity index (χ0v) is 12.4. The first-order chi connectivity index (χ1) is 10.2. The molecule has 1 amide bonds. The van der Waals surface area contributed by atoms with E-state index in [-0.39, 0.29) is 24.3 Å². The molecule has 1 aliphatic heterocycles. The number of piperidine rings is 1. The number of carbonyl (C=O) groups excluding carboxylic acids is 2. The quantitative estimate of drug-likeness (QED) is 0.837. The summed E-state index contributed by atoms with van der Waals surface area (Å²) in [5.74, 6) is -0.442. The first-order valence-corrected chi connectivity index (χ1v) is 7.44. The number of nitrogens with zero attached hydrogens (tertiary/aromatic N) is 1. The van der Waals surface area contributed by atoms with Crippen LogP contribution in [0.4, 0.5) is 5.69 Å². The van der Waals surface area contributed by atoms with Gasteiger partial charge in [0.2, 0.25) is 5.91 Å². The summed E-state index contributed by atoms with van der Waals surface area (Å²) in [4.78, 5) is 25.5. The molecule has 1 aromatic rings. The Morgan fingerprint density at radius 1 is 1.24 bits per heavy atom. The van der Waals surface area contributed by atoms with Crippen molar-refractivity contribution in [2.75, 3.05) is 31.1 Å². The van der Waals surface area contributed by atoms with Gasteiger partial charge in [-0.15, -0.1) is 0 Å². The Labute approximate surface area is 125 Å². The van der Waals surface area contributed by atoms with Crippen molar-refractivity contribution in [2.24, 2.45) is 5.92 Å². The molecule has 1 aliphatic rings. The molecule has 5 nitrogen and oxygen atoms in total. The van der Waals surface area contributed by atoms with E-state index < -0.39 is 0 Å². The van der Waals surface area contributed by atoms with Crippen LogP contribution in [0.15, 0.2) is 30.3 Å². The molecule has 1 saturated heterocycles. The molecule has 0 bridgehead atoms. The Kier molecular flexibility index (Phi) is 5.60. The Hall–Kier alpha value is -2.04. The van der Waals surface area contributed by atoms with Crippen molar-refractivity contribution in [3.63, 3.8) is 0 Å². The predicted molar refractivity (Wildman–Crippen MR) is 81.0 cm³/mol. The van der Waals surface area contributed by atoms with Gasteiger partial charge in [-0.05, 0) is 31.9 Å². The molecule has 5 heteroatoms. The van der Waals surface area contributed by atoms with Crippen LogP contribution < -0.4 is 10.2 Å². The molecule has 0 aliphatic carbocycles. The summed E-state index contributed by atoms with van der Waals surface area (Å²) in [5.41, 5.74) is 1.20. The van der Waals surface area contributed by atoms with E-state index in [9.17, 15) is 9.59 Å². The second kappa shape index (κ2) is 7.67. The molecule has 0 saturated carbocycles. The summed E-state index contributed by atoms with van der Waals surface area (Å²) in [7, 11) is 0. The summed E-state index contributed by atoms with van der Waals surface area (Å²) >= 11 is 0. The number of para-hydroxylation sites is 1. The molecule has 1 aromatic carbocycles. The largest absolute Gasteiger partial charge is 0.465 e. The van der Waals surface area contributed by atoms with Crippen molar-refractivity contribution in [2.45, 2.75) is 19.8 Å². The fourth-order valence-corrected chi connectivity index (χ4v) is 2.55. The maximum absolute atomic E-state index is 12.0. The topological polar surface area (TPSA) is 58.6 Å². The summed E-state index contributed by atoms with van der Waals surface area (Å²) in [6.07, 6.45) is 1.62. The number of ether oxygens (including phenoxy) is 1. The number of hydrogen-bond acceptors (Lipinski definition) is 4. The van der Waals surface area contributed by atoms with E-state index in [0.717, 1.165) is 25.9 Å². The molecule has 0 atom stereocenters. The summed E-state index contributed by atoms with van der Waals surface area (Å²) < 4.78 is 4.79. The average molecular weight is 290 g/mol. The van der Waals surface area contributed by atoms with E-state index in [1.165, 1.54) is 5.69 Å². The lowest BCUT2D eigenvalue weighted by molar-refractivity contribution is -0.143. The van der Waals surface area contributed by atoms with Crippen LogP contribution in [0.1, 0.15) is 19.8 Å². The van der Waals surface area contributed by atoms with Crippen molar-refractivity contribution in [3.05, 3.63) is 30.3 Å². The van der Waals surface area contributed by atoms with Crippen LogP contribution in [-0.4, -0.2) is 38.1 Å². The molecule has 0 aromatic heterocycles. The third kappa shape index (κ3) is 4.48. The van der Waals surface area contributed by atoms with Gasteiger partial charge in [0, 0.05) is 24.7 Å². The zero-order valence-electron chi connectivity index (χ0n) is 12.4. The van der Waals surface area contributed by atoms with E-state index in [4.69, 9.17) is 4.74 Å². The first-order valence-electron chi connectivity index (χ1n) is 7.44. The van der Waals surface area contributed by atoms with Gasteiger partial charge in [-0.25, -0.2) is 0 Å². The van der Waals surface area contributed by atoms with Crippen LogP contribution in [0.5, 0.6) is 0 Å². The van der Waals surface area contributed by atoms with Crippen LogP contribution >= 0.6 is 0 Å². The Morgan fingerprint density at radius 3 is 2.52 bits per heavy atom. The molecule has 0 unspecified atom stereocenters. The van der Waals surface area contributed by atoms with E-state index in [1.54, 1.807) is 6.92 Å². The lowest BCUT2D eigenvalue weighted by Gasteiger charge is -2.32. The molecule has 2 rings (SSSR count). The van der Waals surface area contributed by atoms with Crippen molar-refractivity contribution < 1.29 is 14.3 Å². The zero-order chi connectivity index (χ0) is 15.1. The van der Waals surface area contributed by atoms with Gasteiger partial charge >= 0.3 is 5.97 Å². The van der Waals surface area contributed by atoms with Crippen molar-refractivity contribution in [1.82, 2.24) is 5.32 Å². The van der Waals surface area contributed by atoms with E-state index in [2.05, 4.69) is 22.3 Å². The Morgan fingerprint density at radius 2 is 1.90 bits per heavy atom. The number of nitrogens with one attached hydrogen (secondary N) is 1. The van der Waals surface area contributed by atoms with Crippen LogP contribution in [0.25, 0.3) is 0 Å². The highest BCUT2D eigenvalue weighted by molar-refractivity contribution is 5.83. The van der Waals surface area contributed by atoms with E-state index in [0.29, 0.717) is 6.61 Å². The van der Waals surface area contributed by atoms with Gasteiger partial charge in [0.15, 0.2) is 0 Å². The second-order valence-corrected chi connectivity index (χ2v) is 5.12. The fraction of sp³-hybridized carbons (Fsp3) is 0.500. The molecule has 0 radical (unpaired) electrons. The highest BCUT2D eigenvalue weighted by Gasteiger charge is 2.25. The molecule has 21 heavy (non-hydrogen) atoms. The van der Waals surface area contributed by atoms with Gasteiger partial charge in [-0.2, -0.15) is 0 Å². The van der Waals surface area contributed by atoms with Gasteiger partial charge in [0.05, 0.1) is 6.61 Å². The first kappa shape index (κ1) is 15.4. The van der Waals surface area contributed by atoms with Gasteiger partial charge in [-0.1, -0.05) is 18.2 Å². The van der Waals surface area contributed by atoms with Crippen LogP contribution in [0, 0.1) is 5.92 Å². The highest BCUT2D eigenvalue weighted by Crippen LogP contribution is 2.22. The SMILES string of the molecule is CCOC(=O)CNC(=O)C1CCN(c2ccccc2)CC1. The normalized spacial score (nSPS) is 15.6. The maximum Gasteiger partial charge on any atom is 0.325 e. The molecule has 114 valence electrons. The van der Waals surface area contributed by atoms with Crippen LogP contribution in [0.2, 0.25) is 0 Å². The van der Waals surface area contributed by atoms with Gasteiger partial charge in [0.1, 0.15) is 6.54 Å². The van der Waals surface area contributed by atoms with Crippen LogP contribution in [-0.2, 0) is 14.3 Å². The number of anilines is 1. The number of amides is 1. The molecular formula is C16H22N2O3. The molecular weight excluding hydrogens is 268 g/mol.